The van der Waals surface area contributed by atoms with E-state index in [1.165, 1.54) is 12.5 Å². The SMILES string of the molecule is C[Si](C)(C)CCCCOc1ccc(CCO)cc1. The molecule has 1 aromatic rings. The van der Waals surface area contributed by atoms with Crippen molar-refractivity contribution in [1.29, 1.82) is 0 Å². The molecule has 102 valence electrons. The lowest BCUT2D eigenvalue weighted by Gasteiger charge is -2.15. The second kappa shape index (κ2) is 7.59. The number of rotatable bonds is 8. The Labute approximate surface area is 112 Å². The Kier molecular flexibility index (Phi) is 6.43. The molecular weight excluding hydrogens is 240 g/mol. The van der Waals surface area contributed by atoms with E-state index in [2.05, 4.69) is 19.6 Å². The quantitative estimate of drug-likeness (QED) is 0.574. The van der Waals surface area contributed by atoms with E-state index in [0.29, 0.717) is 0 Å². The van der Waals surface area contributed by atoms with Gasteiger partial charge in [-0.3, -0.25) is 0 Å². The zero-order chi connectivity index (χ0) is 13.4. The molecule has 1 aromatic carbocycles. The molecule has 0 aliphatic heterocycles. The average Bonchev–Trinajstić information content (AvgIpc) is 2.30. The van der Waals surface area contributed by atoms with Gasteiger partial charge in [0.15, 0.2) is 0 Å². The van der Waals surface area contributed by atoms with Crippen molar-refractivity contribution in [3.8, 4) is 5.75 Å². The topological polar surface area (TPSA) is 29.5 Å². The third-order valence-corrected chi connectivity index (χ3v) is 4.77. The third kappa shape index (κ3) is 6.82. The van der Waals surface area contributed by atoms with E-state index in [4.69, 9.17) is 9.84 Å². The number of benzene rings is 1. The summed E-state index contributed by atoms with van der Waals surface area (Å²) < 4.78 is 5.71. The highest BCUT2D eigenvalue weighted by Crippen LogP contribution is 2.15. The van der Waals surface area contributed by atoms with Crippen LogP contribution in [0.1, 0.15) is 18.4 Å². The molecule has 0 bridgehead atoms. The zero-order valence-electron chi connectivity index (χ0n) is 11.9. The van der Waals surface area contributed by atoms with Gasteiger partial charge in [0.1, 0.15) is 5.75 Å². The summed E-state index contributed by atoms with van der Waals surface area (Å²) in [6, 6.07) is 9.40. The lowest BCUT2D eigenvalue weighted by molar-refractivity contribution is 0.298. The van der Waals surface area contributed by atoms with Gasteiger partial charge in [0.25, 0.3) is 0 Å². The first-order chi connectivity index (χ1) is 8.51. The van der Waals surface area contributed by atoms with Gasteiger partial charge < -0.3 is 9.84 Å². The van der Waals surface area contributed by atoms with Gasteiger partial charge in [-0.05, 0) is 30.5 Å². The first kappa shape index (κ1) is 15.3. The van der Waals surface area contributed by atoms with Gasteiger partial charge in [0.05, 0.1) is 6.61 Å². The predicted molar refractivity (Wildman–Crippen MR) is 80.1 cm³/mol. The summed E-state index contributed by atoms with van der Waals surface area (Å²) in [5.74, 6) is 0.935. The van der Waals surface area contributed by atoms with Crippen LogP contribution >= 0.6 is 0 Å². The van der Waals surface area contributed by atoms with E-state index in [0.717, 1.165) is 30.8 Å². The lowest BCUT2D eigenvalue weighted by Crippen LogP contribution is -2.18. The van der Waals surface area contributed by atoms with Gasteiger partial charge in [-0.25, -0.2) is 0 Å². The largest absolute Gasteiger partial charge is 0.494 e. The molecule has 18 heavy (non-hydrogen) atoms. The molecule has 0 aliphatic rings. The molecule has 1 rings (SSSR count). The summed E-state index contributed by atoms with van der Waals surface area (Å²) >= 11 is 0. The lowest BCUT2D eigenvalue weighted by atomic mass is 10.1. The number of ether oxygens (including phenoxy) is 1. The molecule has 0 unspecified atom stereocenters. The summed E-state index contributed by atoms with van der Waals surface area (Å²) in [5.41, 5.74) is 1.16. The van der Waals surface area contributed by atoms with Crippen LogP contribution in [0.2, 0.25) is 25.7 Å². The monoisotopic (exact) mass is 266 g/mol. The van der Waals surface area contributed by atoms with Crippen LogP contribution < -0.4 is 4.74 Å². The minimum Gasteiger partial charge on any atom is -0.494 e. The molecule has 0 radical (unpaired) electrons. The molecule has 1 N–H and O–H groups in total. The van der Waals surface area contributed by atoms with Crippen LogP contribution in [0.25, 0.3) is 0 Å². The van der Waals surface area contributed by atoms with Crippen LogP contribution in [0, 0.1) is 0 Å². The Hall–Kier alpha value is -0.803. The van der Waals surface area contributed by atoms with Crippen molar-refractivity contribution in [2.45, 2.75) is 44.9 Å². The highest BCUT2D eigenvalue weighted by molar-refractivity contribution is 6.76. The van der Waals surface area contributed by atoms with E-state index in [1.807, 2.05) is 24.3 Å². The van der Waals surface area contributed by atoms with Gasteiger partial charge in [0, 0.05) is 14.7 Å². The fraction of sp³-hybridized carbons (Fsp3) is 0.600. The first-order valence-corrected chi connectivity index (χ1v) is 10.5. The molecule has 0 aliphatic carbocycles. The molecule has 0 amide bonds. The van der Waals surface area contributed by atoms with Crippen LogP contribution in [0.3, 0.4) is 0 Å². The van der Waals surface area contributed by atoms with Gasteiger partial charge >= 0.3 is 0 Å². The summed E-state index contributed by atoms with van der Waals surface area (Å²) in [6.07, 6.45) is 3.14. The molecule has 0 spiro atoms. The minimum atomic E-state index is -0.882. The number of hydrogen-bond donors (Lipinski definition) is 1. The molecule has 0 heterocycles. The van der Waals surface area contributed by atoms with Gasteiger partial charge in [-0.15, -0.1) is 0 Å². The standard InChI is InChI=1S/C15H26O2Si/c1-18(2,3)13-5-4-12-17-15-8-6-14(7-9-15)10-11-16/h6-9,16H,4-5,10-13H2,1-3H3. The predicted octanol–water partition coefficient (Wildman–Crippen LogP) is 3.72. The minimum absolute atomic E-state index is 0.205. The molecule has 0 aromatic heterocycles. The van der Waals surface area contributed by atoms with E-state index in [1.54, 1.807) is 0 Å². The normalized spacial score (nSPS) is 11.6. The number of aliphatic hydroxyl groups is 1. The number of unbranched alkanes of at least 4 members (excludes halogenated alkanes) is 1. The van der Waals surface area contributed by atoms with Crippen LogP contribution in [0.15, 0.2) is 24.3 Å². The Balaban J connectivity index is 2.19. The third-order valence-electron chi connectivity index (χ3n) is 2.91. The van der Waals surface area contributed by atoms with E-state index in [9.17, 15) is 0 Å². The summed E-state index contributed by atoms with van der Waals surface area (Å²) in [4.78, 5) is 0. The maximum absolute atomic E-state index is 8.83. The molecule has 0 saturated carbocycles. The summed E-state index contributed by atoms with van der Waals surface area (Å²) in [7, 11) is -0.882. The highest BCUT2D eigenvalue weighted by atomic mass is 28.3. The van der Waals surface area contributed by atoms with Crippen LogP contribution in [0.4, 0.5) is 0 Å². The van der Waals surface area contributed by atoms with Crippen molar-refractivity contribution in [2.75, 3.05) is 13.2 Å². The number of aliphatic hydroxyl groups excluding tert-OH is 1. The van der Waals surface area contributed by atoms with Crippen molar-refractivity contribution >= 4 is 8.07 Å². The maximum Gasteiger partial charge on any atom is 0.119 e. The Morgan fingerprint density at radius 1 is 1.06 bits per heavy atom. The van der Waals surface area contributed by atoms with Crippen molar-refractivity contribution in [1.82, 2.24) is 0 Å². The van der Waals surface area contributed by atoms with Crippen LogP contribution in [-0.2, 0) is 6.42 Å². The highest BCUT2D eigenvalue weighted by Gasteiger charge is 2.11. The van der Waals surface area contributed by atoms with E-state index < -0.39 is 8.07 Å². The Morgan fingerprint density at radius 2 is 1.72 bits per heavy atom. The molecule has 3 heteroatoms. The molecular formula is C15H26O2Si. The fourth-order valence-corrected chi connectivity index (χ4v) is 3.14. The fourth-order valence-electron chi connectivity index (χ4n) is 1.83. The molecule has 0 saturated heterocycles. The van der Waals surface area contributed by atoms with Crippen LogP contribution in [0.5, 0.6) is 5.75 Å². The molecule has 2 nitrogen and oxygen atoms in total. The van der Waals surface area contributed by atoms with E-state index in [-0.39, 0.29) is 6.61 Å². The Bertz CT molecular complexity index is 327. The van der Waals surface area contributed by atoms with Crippen molar-refractivity contribution in [3.05, 3.63) is 29.8 Å². The second-order valence-corrected chi connectivity index (χ2v) is 11.6. The summed E-state index contributed by atoms with van der Waals surface area (Å²) in [6.45, 7) is 8.25. The van der Waals surface area contributed by atoms with Crippen molar-refractivity contribution in [2.24, 2.45) is 0 Å². The van der Waals surface area contributed by atoms with Gasteiger partial charge in [-0.2, -0.15) is 0 Å². The van der Waals surface area contributed by atoms with E-state index >= 15 is 0 Å². The van der Waals surface area contributed by atoms with Gasteiger partial charge in [-0.1, -0.05) is 44.2 Å². The zero-order valence-corrected chi connectivity index (χ0v) is 12.9. The second-order valence-electron chi connectivity index (χ2n) is 5.98. The smallest absolute Gasteiger partial charge is 0.119 e. The maximum atomic E-state index is 8.83. The van der Waals surface area contributed by atoms with Gasteiger partial charge in [0.2, 0.25) is 0 Å². The van der Waals surface area contributed by atoms with Crippen molar-refractivity contribution < 1.29 is 9.84 Å². The first-order valence-electron chi connectivity index (χ1n) is 6.84. The van der Waals surface area contributed by atoms with Crippen molar-refractivity contribution in [3.63, 3.8) is 0 Å². The number of hydrogen-bond acceptors (Lipinski definition) is 2. The summed E-state index contributed by atoms with van der Waals surface area (Å²) in [5, 5.41) is 8.83. The Morgan fingerprint density at radius 3 is 2.28 bits per heavy atom. The van der Waals surface area contributed by atoms with Crippen LogP contribution in [-0.4, -0.2) is 26.4 Å². The molecule has 0 atom stereocenters. The average molecular weight is 266 g/mol. The molecule has 0 fully saturated rings.